The van der Waals surface area contributed by atoms with Crippen molar-refractivity contribution in [2.75, 3.05) is 5.33 Å². The first-order valence-electron chi connectivity index (χ1n) is 5.64. The van der Waals surface area contributed by atoms with Crippen LogP contribution in [-0.4, -0.2) is 21.9 Å². The number of halogens is 1. The van der Waals surface area contributed by atoms with Crippen LogP contribution in [0.2, 0.25) is 0 Å². The number of amides is 1. The van der Waals surface area contributed by atoms with Gasteiger partial charge in [-0.25, -0.2) is 0 Å². The molecule has 0 aliphatic carbocycles. The van der Waals surface area contributed by atoms with Gasteiger partial charge in [-0.15, -0.1) is 0 Å². The summed E-state index contributed by atoms with van der Waals surface area (Å²) in [5.41, 5.74) is 0.601. The van der Waals surface area contributed by atoms with Gasteiger partial charge in [-0.2, -0.15) is 0 Å². The molecule has 1 aromatic carbocycles. The van der Waals surface area contributed by atoms with Gasteiger partial charge in [0.2, 0.25) is 5.91 Å². The van der Waals surface area contributed by atoms with Crippen LogP contribution in [0.3, 0.4) is 0 Å². The zero-order chi connectivity index (χ0) is 12.9. The second-order valence-corrected chi connectivity index (χ2v) is 5.00. The Hall–Kier alpha value is -1.03. The van der Waals surface area contributed by atoms with E-state index in [1.54, 1.807) is 18.2 Å². The Labute approximate surface area is 110 Å². The van der Waals surface area contributed by atoms with Gasteiger partial charge in [0.05, 0.1) is 6.42 Å². The number of phenols is 1. The van der Waals surface area contributed by atoms with Crippen molar-refractivity contribution >= 4 is 21.8 Å². The smallest absolute Gasteiger partial charge is 0.224 e. The summed E-state index contributed by atoms with van der Waals surface area (Å²) in [6.07, 6.45) is 1.15. The molecule has 0 aromatic heterocycles. The highest BCUT2D eigenvalue weighted by Crippen LogP contribution is 2.14. The van der Waals surface area contributed by atoms with Gasteiger partial charge in [0.25, 0.3) is 0 Å². The Morgan fingerprint density at radius 1 is 1.53 bits per heavy atom. The van der Waals surface area contributed by atoms with Crippen LogP contribution in [0.1, 0.15) is 25.8 Å². The van der Waals surface area contributed by atoms with Crippen molar-refractivity contribution in [3.8, 4) is 5.75 Å². The fraction of sp³-hybridized carbons (Fsp3) is 0.462. The van der Waals surface area contributed by atoms with Crippen LogP contribution in [-0.2, 0) is 11.2 Å². The summed E-state index contributed by atoms with van der Waals surface area (Å²) in [6.45, 7) is 4.04. The van der Waals surface area contributed by atoms with E-state index < -0.39 is 0 Å². The van der Waals surface area contributed by atoms with Crippen LogP contribution in [0.5, 0.6) is 5.75 Å². The molecule has 2 N–H and O–H groups in total. The van der Waals surface area contributed by atoms with Gasteiger partial charge in [-0.1, -0.05) is 35.0 Å². The van der Waals surface area contributed by atoms with Crippen molar-refractivity contribution in [2.24, 2.45) is 0 Å². The molecule has 0 aliphatic rings. The molecule has 0 saturated heterocycles. The Bertz CT molecular complexity index is 389. The second-order valence-electron chi connectivity index (χ2n) is 4.44. The molecule has 0 radical (unpaired) electrons. The second kappa shape index (κ2) is 6.05. The van der Waals surface area contributed by atoms with E-state index in [1.165, 1.54) is 0 Å². The zero-order valence-electron chi connectivity index (χ0n) is 10.2. The number of hydrogen-bond donors (Lipinski definition) is 2. The van der Waals surface area contributed by atoms with E-state index in [9.17, 15) is 9.90 Å². The molecule has 1 aromatic rings. The first-order valence-corrected chi connectivity index (χ1v) is 6.76. The van der Waals surface area contributed by atoms with Gasteiger partial charge in [-0.05, 0) is 31.0 Å². The molecule has 4 heteroatoms. The number of aromatic hydroxyl groups is 1. The predicted octanol–water partition coefficient (Wildman–Crippen LogP) is 2.61. The van der Waals surface area contributed by atoms with Crippen LogP contribution >= 0.6 is 15.9 Å². The molecule has 1 unspecified atom stereocenters. The summed E-state index contributed by atoms with van der Waals surface area (Å²) in [5, 5.41) is 13.0. The van der Waals surface area contributed by atoms with Crippen molar-refractivity contribution < 1.29 is 9.90 Å². The first-order chi connectivity index (χ1) is 7.99. The van der Waals surface area contributed by atoms with Crippen molar-refractivity contribution in [1.82, 2.24) is 5.32 Å². The van der Waals surface area contributed by atoms with Crippen molar-refractivity contribution in [1.29, 1.82) is 0 Å². The topological polar surface area (TPSA) is 49.3 Å². The molecule has 1 atom stereocenters. The molecule has 1 rings (SSSR count). The highest BCUT2D eigenvalue weighted by atomic mass is 79.9. The Morgan fingerprint density at radius 3 is 2.76 bits per heavy atom. The maximum Gasteiger partial charge on any atom is 0.224 e. The van der Waals surface area contributed by atoms with Crippen LogP contribution in [0, 0.1) is 0 Å². The van der Waals surface area contributed by atoms with E-state index >= 15 is 0 Å². The predicted molar refractivity (Wildman–Crippen MR) is 72.4 cm³/mol. The molecule has 0 heterocycles. The number of alkyl halides is 1. The molecule has 0 fully saturated rings. The number of hydrogen-bond acceptors (Lipinski definition) is 2. The van der Waals surface area contributed by atoms with Crippen molar-refractivity contribution in [3.63, 3.8) is 0 Å². The quantitative estimate of drug-likeness (QED) is 0.821. The zero-order valence-corrected chi connectivity index (χ0v) is 11.8. The molecule has 1 amide bonds. The van der Waals surface area contributed by atoms with E-state index in [0.29, 0.717) is 0 Å². The molecular weight excluding hydrogens is 282 g/mol. The average molecular weight is 300 g/mol. The molecule has 0 saturated carbocycles. The summed E-state index contributed by atoms with van der Waals surface area (Å²) in [4.78, 5) is 11.8. The minimum absolute atomic E-state index is 0.0283. The standard InChI is InChI=1S/C13H18BrNO2/c1-3-13(2,9-14)15-12(17)8-10-5-4-6-11(16)7-10/h4-7,16H,3,8-9H2,1-2H3,(H,15,17). The summed E-state index contributed by atoms with van der Waals surface area (Å²) < 4.78 is 0. The molecule has 0 aliphatic heterocycles. The fourth-order valence-corrected chi connectivity index (χ4v) is 1.99. The highest BCUT2D eigenvalue weighted by Gasteiger charge is 2.22. The maximum atomic E-state index is 11.8. The number of carbonyl (C=O) groups excluding carboxylic acids is 1. The summed E-state index contributed by atoms with van der Waals surface area (Å²) >= 11 is 3.40. The number of carbonyl (C=O) groups is 1. The van der Waals surface area contributed by atoms with Gasteiger partial charge < -0.3 is 10.4 Å². The molecule has 3 nitrogen and oxygen atoms in total. The van der Waals surface area contributed by atoms with E-state index in [-0.39, 0.29) is 23.6 Å². The SMILES string of the molecule is CCC(C)(CBr)NC(=O)Cc1cccc(O)c1. The third-order valence-corrected chi connectivity index (χ3v) is 4.03. The largest absolute Gasteiger partial charge is 0.508 e. The lowest BCUT2D eigenvalue weighted by Crippen LogP contribution is -2.47. The number of benzene rings is 1. The molecule has 17 heavy (non-hydrogen) atoms. The number of phenolic OH excluding ortho intramolecular Hbond substituents is 1. The average Bonchev–Trinajstić information content (AvgIpc) is 2.28. The van der Waals surface area contributed by atoms with Gasteiger partial charge >= 0.3 is 0 Å². The van der Waals surface area contributed by atoms with Crippen molar-refractivity contribution in [3.05, 3.63) is 29.8 Å². The fourth-order valence-electron chi connectivity index (χ4n) is 1.45. The minimum atomic E-state index is -0.214. The van der Waals surface area contributed by atoms with Gasteiger partial charge in [0.15, 0.2) is 0 Å². The van der Waals surface area contributed by atoms with Crippen molar-refractivity contribution in [2.45, 2.75) is 32.2 Å². The van der Waals surface area contributed by atoms with Crippen LogP contribution in [0.4, 0.5) is 0 Å². The normalized spacial score (nSPS) is 14.1. The minimum Gasteiger partial charge on any atom is -0.508 e. The lowest BCUT2D eigenvalue weighted by molar-refractivity contribution is -0.122. The lowest BCUT2D eigenvalue weighted by Gasteiger charge is -2.27. The Kier molecular flexibility index (Phi) is 5.00. The molecule has 94 valence electrons. The van der Waals surface area contributed by atoms with E-state index in [1.807, 2.05) is 19.9 Å². The maximum absolute atomic E-state index is 11.8. The van der Waals surface area contributed by atoms with E-state index in [0.717, 1.165) is 17.3 Å². The summed E-state index contributed by atoms with van der Waals surface area (Å²) in [5.74, 6) is 0.161. The highest BCUT2D eigenvalue weighted by molar-refractivity contribution is 9.09. The van der Waals surface area contributed by atoms with E-state index in [2.05, 4.69) is 21.2 Å². The Morgan fingerprint density at radius 2 is 2.24 bits per heavy atom. The number of rotatable bonds is 5. The summed E-state index contributed by atoms with van der Waals surface area (Å²) in [7, 11) is 0. The monoisotopic (exact) mass is 299 g/mol. The molecule has 0 bridgehead atoms. The lowest BCUT2D eigenvalue weighted by atomic mass is 10.0. The summed E-state index contributed by atoms with van der Waals surface area (Å²) in [6, 6.07) is 6.77. The first kappa shape index (κ1) is 14.0. The molecule has 0 spiro atoms. The van der Waals surface area contributed by atoms with Crippen LogP contribution < -0.4 is 5.32 Å². The van der Waals surface area contributed by atoms with Gasteiger partial charge in [0.1, 0.15) is 5.75 Å². The van der Waals surface area contributed by atoms with Crippen LogP contribution in [0.15, 0.2) is 24.3 Å². The van der Waals surface area contributed by atoms with Gasteiger partial charge in [0, 0.05) is 10.9 Å². The third-order valence-electron chi connectivity index (χ3n) is 2.79. The van der Waals surface area contributed by atoms with Crippen LogP contribution in [0.25, 0.3) is 0 Å². The van der Waals surface area contributed by atoms with Gasteiger partial charge in [-0.3, -0.25) is 4.79 Å². The van der Waals surface area contributed by atoms with E-state index in [4.69, 9.17) is 0 Å². The Balaban J connectivity index is 2.61. The molecular formula is C13H18BrNO2. The third kappa shape index (κ3) is 4.38. The number of nitrogens with one attached hydrogen (secondary N) is 1.